The van der Waals surface area contributed by atoms with E-state index in [1.165, 1.54) is 6.20 Å². The Morgan fingerprint density at radius 2 is 2.25 bits per heavy atom. The van der Waals surface area contributed by atoms with Crippen molar-refractivity contribution in [3.05, 3.63) is 34.4 Å². The Labute approximate surface area is 126 Å². The third-order valence-electron chi connectivity index (χ3n) is 2.67. The molecule has 109 valence electrons. The van der Waals surface area contributed by atoms with Gasteiger partial charge in [0, 0.05) is 28.3 Å². The van der Waals surface area contributed by atoms with Gasteiger partial charge in [-0.2, -0.15) is 13.2 Å². The zero-order valence-corrected chi connectivity index (χ0v) is 12.8. The van der Waals surface area contributed by atoms with Crippen LogP contribution in [0.3, 0.4) is 0 Å². The first kappa shape index (κ1) is 15.8. The predicted octanol–water partition coefficient (Wildman–Crippen LogP) is 3.55. The largest absolute Gasteiger partial charge is 0.439 e. The van der Waals surface area contributed by atoms with Gasteiger partial charge < -0.3 is 5.11 Å². The summed E-state index contributed by atoms with van der Waals surface area (Å²) in [5.74, 6) is -0.534. The number of hydrogen-bond donors (Lipinski definition) is 1. The molecular formula is C12H11BrF3N2OS. The summed E-state index contributed by atoms with van der Waals surface area (Å²) in [4.78, 5) is 7.60. The second-order valence-corrected chi connectivity index (χ2v) is 6.04. The molecule has 0 spiro atoms. The summed E-state index contributed by atoms with van der Waals surface area (Å²) in [5, 5.41) is 9.71. The van der Waals surface area contributed by atoms with Crippen LogP contribution in [0.2, 0.25) is 0 Å². The van der Waals surface area contributed by atoms with Crippen molar-refractivity contribution >= 4 is 32.7 Å². The SMILES string of the molecule is CC[CH]c1cc(C2=N[C@](O)(C(F)(F)F)CS2)c(Br)cn1. The smallest absolute Gasteiger partial charge is 0.361 e. The molecule has 1 aromatic heterocycles. The van der Waals surface area contributed by atoms with Crippen LogP contribution in [0.1, 0.15) is 24.6 Å². The molecule has 1 aliphatic heterocycles. The van der Waals surface area contributed by atoms with Crippen molar-refractivity contribution in [1.29, 1.82) is 0 Å². The molecule has 0 amide bonds. The molecule has 0 saturated carbocycles. The molecule has 1 radical (unpaired) electrons. The lowest BCUT2D eigenvalue weighted by molar-refractivity contribution is -0.245. The number of aromatic nitrogens is 1. The van der Waals surface area contributed by atoms with Gasteiger partial charge in [-0.3, -0.25) is 4.98 Å². The van der Waals surface area contributed by atoms with Crippen molar-refractivity contribution in [3.8, 4) is 0 Å². The molecule has 0 unspecified atom stereocenters. The van der Waals surface area contributed by atoms with Crippen molar-refractivity contribution in [2.75, 3.05) is 5.75 Å². The number of rotatable bonds is 3. The van der Waals surface area contributed by atoms with Gasteiger partial charge in [-0.05, 0) is 28.4 Å². The van der Waals surface area contributed by atoms with Gasteiger partial charge in [0.25, 0.3) is 5.72 Å². The molecule has 0 aliphatic carbocycles. The lowest BCUT2D eigenvalue weighted by Crippen LogP contribution is -2.43. The molecular weight excluding hydrogens is 357 g/mol. The first-order chi connectivity index (χ1) is 9.27. The first-order valence-electron chi connectivity index (χ1n) is 5.77. The van der Waals surface area contributed by atoms with Gasteiger partial charge in [0.2, 0.25) is 0 Å². The number of pyridine rings is 1. The maximum atomic E-state index is 12.7. The number of alkyl halides is 3. The molecule has 2 heterocycles. The molecule has 1 aliphatic rings. The number of halogens is 4. The summed E-state index contributed by atoms with van der Waals surface area (Å²) in [7, 11) is 0. The molecule has 2 rings (SSSR count). The van der Waals surface area contributed by atoms with E-state index in [2.05, 4.69) is 25.9 Å². The van der Waals surface area contributed by atoms with E-state index in [0.29, 0.717) is 15.7 Å². The normalized spacial score (nSPS) is 23.0. The number of aliphatic hydroxyl groups is 1. The lowest BCUT2D eigenvalue weighted by Gasteiger charge is -2.21. The Hall–Kier alpha value is -0.600. The average molecular weight is 368 g/mol. The van der Waals surface area contributed by atoms with Crippen molar-refractivity contribution < 1.29 is 18.3 Å². The van der Waals surface area contributed by atoms with Crippen molar-refractivity contribution in [2.24, 2.45) is 4.99 Å². The van der Waals surface area contributed by atoms with Gasteiger partial charge in [-0.1, -0.05) is 6.92 Å². The second kappa shape index (κ2) is 5.65. The zero-order valence-electron chi connectivity index (χ0n) is 10.4. The van der Waals surface area contributed by atoms with Crippen LogP contribution in [0.5, 0.6) is 0 Å². The minimum atomic E-state index is -4.78. The third kappa shape index (κ3) is 3.01. The molecule has 0 aromatic carbocycles. The highest BCUT2D eigenvalue weighted by molar-refractivity contribution is 9.10. The van der Waals surface area contributed by atoms with Crippen LogP contribution in [0.25, 0.3) is 0 Å². The maximum Gasteiger partial charge on any atom is 0.439 e. The number of aliphatic imine (C=N–C) groups is 1. The fraction of sp³-hybridized carbons (Fsp3) is 0.417. The van der Waals surface area contributed by atoms with Crippen LogP contribution in [0, 0.1) is 6.42 Å². The Bertz CT molecular complexity index is 550. The molecule has 20 heavy (non-hydrogen) atoms. The van der Waals surface area contributed by atoms with E-state index in [4.69, 9.17) is 0 Å². The highest BCUT2D eigenvalue weighted by Crippen LogP contribution is 2.41. The van der Waals surface area contributed by atoms with E-state index >= 15 is 0 Å². The van der Waals surface area contributed by atoms with Crippen molar-refractivity contribution in [1.82, 2.24) is 4.98 Å². The third-order valence-corrected chi connectivity index (χ3v) is 4.43. The molecule has 1 N–H and O–H groups in total. The molecule has 0 bridgehead atoms. The minimum Gasteiger partial charge on any atom is -0.361 e. The number of thioether (sulfide) groups is 1. The summed E-state index contributed by atoms with van der Waals surface area (Å²) in [6, 6.07) is 1.65. The average Bonchev–Trinajstić information content (AvgIpc) is 2.75. The Morgan fingerprint density at radius 1 is 1.55 bits per heavy atom. The molecule has 0 saturated heterocycles. The monoisotopic (exact) mass is 367 g/mol. The van der Waals surface area contributed by atoms with Crippen LogP contribution in [0.4, 0.5) is 13.2 Å². The first-order valence-corrected chi connectivity index (χ1v) is 7.55. The van der Waals surface area contributed by atoms with Gasteiger partial charge in [0.15, 0.2) is 0 Å². The summed E-state index contributed by atoms with van der Waals surface area (Å²) in [6.07, 6.45) is -0.642. The van der Waals surface area contributed by atoms with E-state index in [1.807, 2.05) is 13.3 Å². The topological polar surface area (TPSA) is 45.5 Å². The van der Waals surface area contributed by atoms with E-state index in [-0.39, 0.29) is 5.04 Å². The highest BCUT2D eigenvalue weighted by Gasteiger charge is 2.57. The van der Waals surface area contributed by atoms with E-state index in [1.54, 1.807) is 6.07 Å². The fourth-order valence-electron chi connectivity index (χ4n) is 1.62. The second-order valence-electron chi connectivity index (χ2n) is 4.22. The number of hydrogen-bond acceptors (Lipinski definition) is 4. The van der Waals surface area contributed by atoms with E-state index < -0.39 is 17.7 Å². The van der Waals surface area contributed by atoms with Crippen LogP contribution in [-0.4, -0.2) is 32.8 Å². The standard InChI is InChI=1S/C12H11BrF3N2OS/c1-2-3-7-4-8(9(13)5-17-7)10-18-11(19,6-20-10)12(14,15)16/h3-5,19H,2,6H2,1H3/t11-/m1/s1. The van der Waals surface area contributed by atoms with Crippen LogP contribution in [0.15, 0.2) is 21.7 Å². The quantitative estimate of drug-likeness (QED) is 0.888. The molecule has 0 fully saturated rings. The molecule has 1 aromatic rings. The molecule has 8 heteroatoms. The fourth-order valence-corrected chi connectivity index (χ4v) is 3.27. The minimum absolute atomic E-state index is 0.157. The van der Waals surface area contributed by atoms with Crippen molar-refractivity contribution in [3.63, 3.8) is 0 Å². The lowest BCUT2D eigenvalue weighted by atomic mass is 10.2. The molecule has 3 nitrogen and oxygen atoms in total. The van der Waals surface area contributed by atoms with Crippen LogP contribution >= 0.6 is 27.7 Å². The van der Waals surface area contributed by atoms with Gasteiger partial charge in [-0.25, -0.2) is 4.99 Å². The van der Waals surface area contributed by atoms with E-state index in [0.717, 1.165) is 18.2 Å². The van der Waals surface area contributed by atoms with E-state index in [9.17, 15) is 18.3 Å². The zero-order chi connectivity index (χ0) is 15.0. The van der Waals surface area contributed by atoms with Gasteiger partial charge >= 0.3 is 6.18 Å². The number of nitrogens with zero attached hydrogens (tertiary/aromatic N) is 2. The van der Waals surface area contributed by atoms with Crippen LogP contribution < -0.4 is 0 Å². The summed E-state index contributed by atoms with van der Waals surface area (Å²) < 4.78 is 38.7. The van der Waals surface area contributed by atoms with Crippen LogP contribution in [-0.2, 0) is 0 Å². The Balaban J connectivity index is 2.38. The maximum absolute atomic E-state index is 12.7. The summed E-state index contributed by atoms with van der Waals surface area (Å²) in [5.41, 5.74) is -1.84. The van der Waals surface area contributed by atoms with Gasteiger partial charge in [0.05, 0.1) is 5.75 Å². The predicted molar refractivity (Wildman–Crippen MR) is 75.6 cm³/mol. The summed E-state index contributed by atoms with van der Waals surface area (Å²) >= 11 is 4.12. The Morgan fingerprint density at radius 3 is 2.80 bits per heavy atom. The van der Waals surface area contributed by atoms with Gasteiger partial charge in [0.1, 0.15) is 5.04 Å². The Kier molecular flexibility index (Phi) is 4.46. The van der Waals surface area contributed by atoms with Gasteiger partial charge in [-0.15, -0.1) is 11.8 Å². The molecule has 1 atom stereocenters. The van der Waals surface area contributed by atoms with Crippen molar-refractivity contribution in [2.45, 2.75) is 25.2 Å². The summed E-state index contributed by atoms with van der Waals surface area (Å²) in [6.45, 7) is 1.94. The highest BCUT2D eigenvalue weighted by atomic mass is 79.9.